The molecule has 24 heavy (non-hydrogen) atoms. The predicted octanol–water partition coefficient (Wildman–Crippen LogP) is 2.47. The average Bonchev–Trinajstić information content (AvgIpc) is 2.52. The van der Waals surface area contributed by atoms with Crippen LogP contribution in [0.5, 0.6) is 0 Å². The number of halogens is 4. The Morgan fingerprint density at radius 3 is 2.17 bits per heavy atom. The van der Waals surface area contributed by atoms with Crippen LogP contribution >= 0.6 is 0 Å². The first-order valence-corrected chi connectivity index (χ1v) is 7.84. The molecule has 0 fully saturated rings. The number of alkyl halides is 3. The molecule has 1 amide bonds. The fraction of sp³-hybridized carbons (Fsp3) is 0.0714. The van der Waals surface area contributed by atoms with Crippen LogP contribution in [-0.2, 0) is 16.2 Å². The Morgan fingerprint density at radius 1 is 0.958 bits per heavy atom. The van der Waals surface area contributed by atoms with E-state index in [0.29, 0.717) is 6.07 Å². The van der Waals surface area contributed by atoms with Crippen LogP contribution in [-0.4, -0.2) is 14.3 Å². The fourth-order valence-electron chi connectivity index (χ4n) is 1.77. The first kappa shape index (κ1) is 17.9. The minimum absolute atomic E-state index is 0.185. The van der Waals surface area contributed by atoms with Crippen molar-refractivity contribution >= 4 is 15.9 Å². The minimum atomic E-state index is -4.98. The van der Waals surface area contributed by atoms with Gasteiger partial charge in [0, 0.05) is 0 Å². The van der Waals surface area contributed by atoms with E-state index in [1.165, 1.54) is 24.3 Å². The van der Waals surface area contributed by atoms with Crippen LogP contribution in [0.25, 0.3) is 0 Å². The third-order valence-corrected chi connectivity index (χ3v) is 4.16. The second-order valence-corrected chi connectivity index (χ2v) is 6.22. The first-order chi connectivity index (χ1) is 11.1. The lowest BCUT2D eigenvalue weighted by Gasteiger charge is -2.12. The van der Waals surface area contributed by atoms with Crippen LogP contribution in [0, 0.1) is 5.82 Å². The molecule has 0 spiro atoms. The van der Waals surface area contributed by atoms with Crippen LogP contribution in [0.15, 0.2) is 53.4 Å². The van der Waals surface area contributed by atoms with Crippen LogP contribution in [0.3, 0.4) is 0 Å². The molecule has 0 unspecified atom stereocenters. The minimum Gasteiger partial charge on any atom is -0.273 e. The molecule has 10 heteroatoms. The first-order valence-electron chi connectivity index (χ1n) is 6.36. The maximum Gasteiger partial charge on any atom is 0.419 e. The Labute approximate surface area is 134 Å². The van der Waals surface area contributed by atoms with Crippen LogP contribution in [0.4, 0.5) is 17.6 Å². The van der Waals surface area contributed by atoms with Gasteiger partial charge in [0.15, 0.2) is 0 Å². The van der Waals surface area contributed by atoms with Gasteiger partial charge in [-0.25, -0.2) is 12.8 Å². The Morgan fingerprint density at radius 2 is 1.58 bits per heavy atom. The second-order valence-electron chi connectivity index (χ2n) is 4.54. The van der Waals surface area contributed by atoms with E-state index in [4.69, 9.17) is 0 Å². The number of amides is 1. The topological polar surface area (TPSA) is 75.3 Å². The molecule has 0 aliphatic carbocycles. The lowest BCUT2D eigenvalue weighted by Crippen LogP contribution is -2.42. The van der Waals surface area contributed by atoms with Crippen molar-refractivity contribution in [3.63, 3.8) is 0 Å². The lowest BCUT2D eigenvalue weighted by atomic mass is 10.1. The zero-order valence-corrected chi connectivity index (χ0v) is 12.6. The van der Waals surface area contributed by atoms with Crippen molar-refractivity contribution in [1.29, 1.82) is 0 Å². The van der Waals surface area contributed by atoms with Crippen molar-refractivity contribution in [2.75, 3.05) is 0 Å². The van der Waals surface area contributed by atoms with Gasteiger partial charge in [0.25, 0.3) is 15.9 Å². The van der Waals surface area contributed by atoms with E-state index >= 15 is 0 Å². The number of hydrogen-bond donors (Lipinski definition) is 2. The maximum absolute atomic E-state index is 13.8. The summed E-state index contributed by atoms with van der Waals surface area (Å²) in [5.74, 6) is -3.15. The van der Waals surface area contributed by atoms with Crippen molar-refractivity contribution in [1.82, 2.24) is 10.3 Å². The summed E-state index contributed by atoms with van der Waals surface area (Å²) in [6, 6.07) is 9.02. The van der Waals surface area contributed by atoms with Gasteiger partial charge in [-0.15, -0.1) is 4.83 Å². The molecule has 0 bridgehead atoms. The third-order valence-electron chi connectivity index (χ3n) is 2.90. The number of benzene rings is 2. The highest BCUT2D eigenvalue weighted by atomic mass is 32.2. The lowest BCUT2D eigenvalue weighted by molar-refractivity contribution is -0.140. The summed E-state index contributed by atoms with van der Waals surface area (Å²) in [6.07, 6.45) is -4.98. The summed E-state index contributed by atoms with van der Waals surface area (Å²) in [7, 11) is -4.14. The molecule has 2 N–H and O–H groups in total. The Balaban J connectivity index is 2.20. The molecular formula is C14H10F4N2O3S. The number of hydrazine groups is 1. The van der Waals surface area contributed by atoms with Crippen molar-refractivity contribution in [3.8, 4) is 0 Å². The Hall–Kier alpha value is -2.46. The van der Waals surface area contributed by atoms with Gasteiger partial charge < -0.3 is 0 Å². The molecule has 0 saturated carbocycles. The number of rotatable bonds is 4. The average molecular weight is 362 g/mol. The third kappa shape index (κ3) is 3.89. The molecule has 0 heterocycles. The van der Waals surface area contributed by atoms with Crippen molar-refractivity contribution in [2.24, 2.45) is 0 Å². The molecule has 5 nitrogen and oxygen atoms in total. The highest BCUT2D eigenvalue weighted by molar-refractivity contribution is 7.89. The standard InChI is InChI=1S/C14H10F4N2O3S/c15-12-10(7-4-8-11(12)14(16,17)18)13(21)19-20-24(22,23)9-5-2-1-3-6-9/h1-8,20H,(H,19,21). The Bertz CT molecular complexity index is 852. The molecular weight excluding hydrogens is 352 g/mol. The SMILES string of the molecule is O=C(NNS(=O)(=O)c1ccccc1)c1cccc(C(F)(F)F)c1F. The molecule has 0 atom stereocenters. The van der Waals surface area contributed by atoms with Gasteiger partial charge in [-0.3, -0.25) is 10.2 Å². The molecule has 128 valence electrons. The summed E-state index contributed by atoms with van der Waals surface area (Å²) in [4.78, 5) is 13.3. The van der Waals surface area contributed by atoms with Gasteiger partial charge in [0.05, 0.1) is 16.0 Å². The summed E-state index contributed by atoms with van der Waals surface area (Å²) in [5.41, 5.74) is -0.895. The van der Waals surface area contributed by atoms with Gasteiger partial charge in [0.2, 0.25) is 0 Å². The van der Waals surface area contributed by atoms with Gasteiger partial charge in [-0.2, -0.15) is 13.2 Å². The number of sulfonamides is 1. The van der Waals surface area contributed by atoms with E-state index in [9.17, 15) is 30.8 Å². The fourth-order valence-corrected chi connectivity index (χ4v) is 2.63. The molecule has 2 aromatic rings. The molecule has 2 aromatic carbocycles. The smallest absolute Gasteiger partial charge is 0.273 e. The van der Waals surface area contributed by atoms with Gasteiger partial charge in [-0.05, 0) is 24.3 Å². The normalized spacial score (nSPS) is 12.0. The van der Waals surface area contributed by atoms with E-state index in [0.717, 1.165) is 12.1 Å². The second kappa shape index (κ2) is 6.57. The van der Waals surface area contributed by atoms with Gasteiger partial charge >= 0.3 is 6.18 Å². The zero-order valence-electron chi connectivity index (χ0n) is 11.8. The van der Waals surface area contributed by atoms with E-state index in [1.54, 1.807) is 16.3 Å². The van der Waals surface area contributed by atoms with E-state index in [1.807, 2.05) is 0 Å². The number of nitrogens with one attached hydrogen (secondary N) is 2. The van der Waals surface area contributed by atoms with E-state index in [-0.39, 0.29) is 4.90 Å². The molecule has 0 aromatic heterocycles. The van der Waals surface area contributed by atoms with Crippen LogP contribution in [0.2, 0.25) is 0 Å². The summed E-state index contributed by atoms with van der Waals surface area (Å²) < 4.78 is 75.4. The summed E-state index contributed by atoms with van der Waals surface area (Å²) in [5, 5.41) is 0. The van der Waals surface area contributed by atoms with Crippen molar-refractivity contribution in [2.45, 2.75) is 11.1 Å². The molecule has 0 aliphatic rings. The zero-order chi connectivity index (χ0) is 18.0. The highest BCUT2D eigenvalue weighted by Gasteiger charge is 2.35. The van der Waals surface area contributed by atoms with Gasteiger partial charge in [0.1, 0.15) is 5.82 Å². The molecule has 0 radical (unpaired) electrons. The maximum atomic E-state index is 13.8. The number of hydrogen-bond acceptors (Lipinski definition) is 3. The number of carbonyl (C=O) groups is 1. The largest absolute Gasteiger partial charge is 0.419 e. The van der Waals surface area contributed by atoms with Crippen molar-refractivity contribution in [3.05, 3.63) is 65.5 Å². The molecule has 0 aliphatic heterocycles. The van der Waals surface area contributed by atoms with Crippen molar-refractivity contribution < 1.29 is 30.8 Å². The van der Waals surface area contributed by atoms with Crippen LogP contribution in [0.1, 0.15) is 15.9 Å². The van der Waals surface area contributed by atoms with Gasteiger partial charge in [-0.1, -0.05) is 24.3 Å². The van der Waals surface area contributed by atoms with E-state index in [2.05, 4.69) is 0 Å². The summed E-state index contributed by atoms with van der Waals surface area (Å²) >= 11 is 0. The number of carbonyl (C=O) groups excluding carboxylic acids is 1. The van der Waals surface area contributed by atoms with E-state index < -0.39 is 39.1 Å². The van der Waals surface area contributed by atoms with Crippen LogP contribution < -0.4 is 10.3 Å². The predicted molar refractivity (Wildman–Crippen MR) is 75.6 cm³/mol. The molecule has 0 saturated heterocycles. The summed E-state index contributed by atoms with van der Waals surface area (Å²) in [6.45, 7) is 0. The molecule has 2 rings (SSSR count). The quantitative estimate of drug-likeness (QED) is 0.648. The Kier molecular flexibility index (Phi) is 4.90. The highest BCUT2D eigenvalue weighted by Crippen LogP contribution is 2.32. The monoisotopic (exact) mass is 362 g/mol.